The van der Waals surface area contributed by atoms with E-state index in [1.807, 2.05) is 26.0 Å². The maximum atomic E-state index is 12.4. The van der Waals surface area contributed by atoms with Crippen molar-refractivity contribution in [2.75, 3.05) is 0 Å². The van der Waals surface area contributed by atoms with Gasteiger partial charge in [-0.3, -0.25) is 9.59 Å². The number of carbonyl (C=O) groups excluding carboxylic acids is 1. The first-order valence-corrected chi connectivity index (χ1v) is 7.87. The Bertz CT molecular complexity index is 739. The highest BCUT2D eigenvalue weighted by atomic mass is 35.5. The van der Waals surface area contributed by atoms with E-state index in [1.165, 1.54) is 0 Å². The van der Waals surface area contributed by atoms with Gasteiger partial charge in [0.15, 0.2) is 0 Å². The van der Waals surface area contributed by atoms with Crippen LogP contribution in [0, 0.1) is 5.92 Å². The van der Waals surface area contributed by atoms with Crippen LogP contribution in [0.25, 0.3) is 10.9 Å². The summed E-state index contributed by atoms with van der Waals surface area (Å²) in [6, 6.07) is 5.46. The van der Waals surface area contributed by atoms with E-state index in [9.17, 15) is 9.59 Å². The first-order valence-electron chi connectivity index (χ1n) is 7.49. The summed E-state index contributed by atoms with van der Waals surface area (Å²) >= 11 is 6.01. The standard InChI is InChI=1S/C17H21ClN2O3/c1-10(2)17(3,8-16(22)23)20-15(21)6-11-9-19-14-5-4-12(18)7-13(11)14/h4-5,7,9-10,19H,6,8H2,1-3H3,(H,20,21)(H,22,23). The number of fused-ring (bicyclic) bond motifs is 1. The minimum atomic E-state index is -0.930. The lowest BCUT2D eigenvalue weighted by atomic mass is 9.85. The molecular weight excluding hydrogens is 316 g/mol. The number of aromatic nitrogens is 1. The van der Waals surface area contributed by atoms with Gasteiger partial charge in [-0.25, -0.2) is 0 Å². The number of nitrogens with one attached hydrogen (secondary N) is 2. The minimum absolute atomic E-state index is 0.0000339. The van der Waals surface area contributed by atoms with Gasteiger partial charge < -0.3 is 15.4 Å². The Balaban J connectivity index is 2.17. The first-order chi connectivity index (χ1) is 10.7. The largest absolute Gasteiger partial charge is 0.481 e. The third-order valence-electron chi connectivity index (χ3n) is 4.30. The number of aliphatic carboxylic acids is 1. The molecule has 1 aromatic carbocycles. The Kier molecular flexibility index (Phi) is 5.00. The molecule has 3 N–H and O–H groups in total. The van der Waals surface area contributed by atoms with Crippen LogP contribution in [0.1, 0.15) is 32.8 Å². The van der Waals surface area contributed by atoms with Gasteiger partial charge in [0.1, 0.15) is 0 Å². The lowest BCUT2D eigenvalue weighted by molar-refractivity contribution is -0.139. The van der Waals surface area contributed by atoms with Crippen molar-refractivity contribution in [1.29, 1.82) is 0 Å². The number of aromatic amines is 1. The van der Waals surface area contributed by atoms with Crippen LogP contribution in [0.4, 0.5) is 0 Å². The molecule has 1 heterocycles. The average molecular weight is 337 g/mol. The van der Waals surface area contributed by atoms with Crippen LogP contribution >= 0.6 is 11.6 Å². The van der Waals surface area contributed by atoms with Crippen molar-refractivity contribution < 1.29 is 14.7 Å². The molecule has 0 aliphatic heterocycles. The van der Waals surface area contributed by atoms with Crippen molar-refractivity contribution in [1.82, 2.24) is 10.3 Å². The van der Waals surface area contributed by atoms with Gasteiger partial charge in [-0.1, -0.05) is 25.4 Å². The third-order valence-corrected chi connectivity index (χ3v) is 4.53. The fourth-order valence-corrected chi connectivity index (χ4v) is 2.71. The SMILES string of the molecule is CC(C)C(C)(CC(=O)O)NC(=O)Cc1c[nH]c2ccc(Cl)cc12. The number of carboxylic acid groups (broad SMARTS) is 1. The number of carbonyl (C=O) groups is 2. The van der Waals surface area contributed by atoms with E-state index in [0.29, 0.717) is 5.02 Å². The van der Waals surface area contributed by atoms with Crippen LogP contribution in [-0.2, 0) is 16.0 Å². The molecule has 0 spiro atoms. The zero-order valence-electron chi connectivity index (χ0n) is 13.4. The number of H-pyrrole nitrogens is 1. The van der Waals surface area contributed by atoms with Crippen molar-refractivity contribution >= 4 is 34.4 Å². The molecular formula is C17H21ClN2O3. The molecule has 1 atom stereocenters. The third kappa shape index (κ3) is 4.05. The van der Waals surface area contributed by atoms with Gasteiger partial charge in [0.25, 0.3) is 0 Å². The molecule has 5 nitrogen and oxygen atoms in total. The monoisotopic (exact) mass is 336 g/mol. The normalized spacial score (nSPS) is 14.0. The Morgan fingerprint density at radius 2 is 2.09 bits per heavy atom. The number of hydrogen-bond donors (Lipinski definition) is 3. The number of halogens is 1. The van der Waals surface area contributed by atoms with Gasteiger partial charge in [-0.05, 0) is 36.6 Å². The Morgan fingerprint density at radius 3 is 2.70 bits per heavy atom. The molecule has 1 aromatic heterocycles. The number of hydrogen-bond acceptors (Lipinski definition) is 2. The number of carboxylic acids is 1. The summed E-state index contributed by atoms with van der Waals surface area (Å²) in [7, 11) is 0. The van der Waals surface area contributed by atoms with Crippen LogP contribution in [0.15, 0.2) is 24.4 Å². The zero-order chi connectivity index (χ0) is 17.2. The minimum Gasteiger partial charge on any atom is -0.481 e. The molecule has 124 valence electrons. The number of rotatable bonds is 6. The molecule has 23 heavy (non-hydrogen) atoms. The van der Waals surface area contributed by atoms with Gasteiger partial charge in [-0.2, -0.15) is 0 Å². The van der Waals surface area contributed by atoms with Crippen LogP contribution < -0.4 is 5.32 Å². The fraction of sp³-hybridized carbons (Fsp3) is 0.412. The molecule has 1 unspecified atom stereocenters. The summed E-state index contributed by atoms with van der Waals surface area (Å²) in [4.78, 5) is 26.6. The molecule has 0 aliphatic carbocycles. The van der Waals surface area contributed by atoms with Gasteiger partial charge in [0.2, 0.25) is 5.91 Å². The highest BCUT2D eigenvalue weighted by Gasteiger charge is 2.32. The highest BCUT2D eigenvalue weighted by molar-refractivity contribution is 6.31. The van der Waals surface area contributed by atoms with Crippen molar-refractivity contribution in [2.45, 2.75) is 39.2 Å². The lowest BCUT2D eigenvalue weighted by Gasteiger charge is -2.33. The second-order valence-corrected chi connectivity index (χ2v) is 6.81. The van der Waals surface area contributed by atoms with Gasteiger partial charge >= 0.3 is 5.97 Å². The summed E-state index contributed by atoms with van der Waals surface area (Å²) in [6.45, 7) is 5.55. The van der Waals surface area contributed by atoms with E-state index < -0.39 is 11.5 Å². The van der Waals surface area contributed by atoms with Gasteiger partial charge in [0.05, 0.1) is 12.8 Å². The summed E-state index contributed by atoms with van der Waals surface area (Å²) < 4.78 is 0. The zero-order valence-corrected chi connectivity index (χ0v) is 14.2. The molecule has 1 amide bonds. The molecule has 2 rings (SSSR count). The van der Waals surface area contributed by atoms with Crippen molar-refractivity contribution in [2.24, 2.45) is 5.92 Å². The molecule has 0 radical (unpaired) electrons. The quantitative estimate of drug-likeness (QED) is 0.756. The predicted octanol–water partition coefficient (Wildman–Crippen LogP) is 3.37. The molecule has 2 aromatic rings. The van der Waals surface area contributed by atoms with Crippen LogP contribution in [0.2, 0.25) is 5.02 Å². The maximum absolute atomic E-state index is 12.4. The van der Waals surface area contributed by atoms with Crippen LogP contribution in [-0.4, -0.2) is 27.5 Å². The van der Waals surface area contributed by atoms with Gasteiger partial charge in [0, 0.05) is 27.7 Å². The van der Waals surface area contributed by atoms with Crippen LogP contribution in [0.3, 0.4) is 0 Å². The smallest absolute Gasteiger partial charge is 0.305 e. The highest BCUT2D eigenvalue weighted by Crippen LogP contribution is 2.24. The van der Waals surface area contributed by atoms with E-state index in [-0.39, 0.29) is 24.7 Å². The number of amides is 1. The molecule has 0 aliphatic rings. The van der Waals surface area contributed by atoms with E-state index in [2.05, 4.69) is 10.3 Å². The van der Waals surface area contributed by atoms with E-state index in [4.69, 9.17) is 16.7 Å². The van der Waals surface area contributed by atoms with Crippen molar-refractivity contribution in [3.63, 3.8) is 0 Å². The van der Waals surface area contributed by atoms with E-state index in [1.54, 1.807) is 19.2 Å². The second-order valence-electron chi connectivity index (χ2n) is 6.37. The fourth-order valence-electron chi connectivity index (χ4n) is 2.54. The summed E-state index contributed by atoms with van der Waals surface area (Å²) in [6.07, 6.45) is 1.84. The molecule has 0 bridgehead atoms. The first kappa shape index (κ1) is 17.3. The van der Waals surface area contributed by atoms with Crippen molar-refractivity contribution in [3.8, 4) is 0 Å². The second kappa shape index (κ2) is 6.62. The molecule has 0 fully saturated rings. The molecule has 0 saturated carbocycles. The Labute approximate surface area is 140 Å². The Morgan fingerprint density at radius 1 is 1.39 bits per heavy atom. The van der Waals surface area contributed by atoms with E-state index in [0.717, 1.165) is 16.5 Å². The maximum Gasteiger partial charge on any atom is 0.305 e. The summed E-state index contributed by atoms with van der Waals surface area (Å²) in [5.41, 5.74) is 0.961. The van der Waals surface area contributed by atoms with Crippen LogP contribution in [0.5, 0.6) is 0 Å². The van der Waals surface area contributed by atoms with Gasteiger partial charge in [-0.15, -0.1) is 0 Å². The Hall–Kier alpha value is -2.01. The summed E-state index contributed by atoms with van der Waals surface area (Å²) in [5, 5.41) is 13.5. The number of benzene rings is 1. The molecule has 6 heteroatoms. The topological polar surface area (TPSA) is 82.2 Å². The van der Waals surface area contributed by atoms with Crippen molar-refractivity contribution in [3.05, 3.63) is 35.0 Å². The predicted molar refractivity (Wildman–Crippen MR) is 90.7 cm³/mol. The van der Waals surface area contributed by atoms with E-state index >= 15 is 0 Å². The summed E-state index contributed by atoms with van der Waals surface area (Å²) in [5.74, 6) is -1.14. The average Bonchev–Trinajstić information content (AvgIpc) is 2.79. The lowest BCUT2D eigenvalue weighted by Crippen LogP contribution is -2.51. The molecule has 0 saturated heterocycles.